The average Bonchev–Trinajstić information content (AvgIpc) is 3.32. The van der Waals surface area contributed by atoms with Gasteiger partial charge in [-0.25, -0.2) is 19.9 Å². The van der Waals surface area contributed by atoms with Gasteiger partial charge < -0.3 is 15.4 Å². The van der Waals surface area contributed by atoms with E-state index in [9.17, 15) is 0 Å². The summed E-state index contributed by atoms with van der Waals surface area (Å²) in [5.41, 5.74) is 11.1. The number of nitrogens with two attached hydrogens (primary N) is 1. The second-order valence-electron chi connectivity index (χ2n) is 8.16. The zero-order valence-electron chi connectivity index (χ0n) is 18.5. The summed E-state index contributed by atoms with van der Waals surface area (Å²) in [7, 11) is 0. The molecular formula is C26H23N7O. The van der Waals surface area contributed by atoms with E-state index < -0.39 is 0 Å². The van der Waals surface area contributed by atoms with E-state index in [2.05, 4.69) is 26.4 Å². The molecule has 0 amide bonds. The van der Waals surface area contributed by atoms with Crippen LogP contribution in [0, 0.1) is 0 Å². The molecule has 0 saturated carbocycles. The average molecular weight is 450 g/mol. The Morgan fingerprint density at radius 1 is 0.853 bits per heavy atom. The van der Waals surface area contributed by atoms with Crippen LogP contribution in [0.4, 0.5) is 11.6 Å². The number of hydrogen-bond donors (Lipinski definition) is 1. The van der Waals surface area contributed by atoms with Crippen molar-refractivity contribution in [2.75, 3.05) is 36.9 Å². The molecule has 0 radical (unpaired) electrons. The van der Waals surface area contributed by atoms with Crippen molar-refractivity contribution in [3.63, 3.8) is 0 Å². The smallest absolute Gasteiger partial charge is 0.181 e. The highest BCUT2D eigenvalue weighted by Gasteiger charge is 2.19. The van der Waals surface area contributed by atoms with Crippen LogP contribution in [-0.2, 0) is 4.74 Å². The molecule has 0 atom stereocenters. The molecule has 0 bridgehead atoms. The molecule has 1 fully saturated rings. The minimum Gasteiger partial charge on any atom is -0.384 e. The summed E-state index contributed by atoms with van der Waals surface area (Å²) in [5, 5.41) is 1.12. The van der Waals surface area contributed by atoms with Crippen molar-refractivity contribution in [1.29, 1.82) is 0 Å². The molecule has 0 spiro atoms. The van der Waals surface area contributed by atoms with Gasteiger partial charge in [-0.15, -0.1) is 0 Å². The molecule has 1 aliphatic heterocycles. The van der Waals surface area contributed by atoms with Gasteiger partial charge >= 0.3 is 0 Å². The highest BCUT2D eigenvalue weighted by Crippen LogP contribution is 2.27. The molecule has 1 aromatic carbocycles. The molecule has 1 aliphatic rings. The molecular weight excluding hydrogens is 426 g/mol. The van der Waals surface area contributed by atoms with Crippen LogP contribution in [0.2, 0.25) is 0 Å². The van der Waals surface area contributed by atoms with Crippen molar-refractivity contribution >= 4 is 40.3 Å². The monoisotopic (exact) mass is 449 g/mol. The van der Waals surface area contributed by atoms with Crippen LogP contribution in [0.25, 0.3) is 40.0 Å². The van der Waals surface area contributed by atoms with E-state index in [0.717, 1.165) is 58.1 Å². The van der Waals surface area contributed by atoms with E-state index in [1.165, 1.54) is 0 Å². The van der Waals surface area contributed by atoms with Crippen LogP contribution >= 0.6 is 0 Å². The van der Waals surface area contributed by atoms with Crippen molar-refractivity contribution in [2.24, 2.45) is 0 Å². The van der Waals surface area contributed by atoms with Gasteiger partial charge in [0.25, 0.3) is 0 Å². The molecule has 6 rings (SSSR count). The molecule has 8 heteroatoms. The predicted molar refractivity (Wildman–Crippen MR) is 134 cm³/mol. The molecule has 5 heterocycles. The van der Waals surface area contributed by atoms with Crippen LogP contribution in [0.5, 0.6) is 0 Å². The van der Waals surface area contributed by atoms with Crippen LogP contribution < -0.4 is 10.6 Å². The Kier molecular flexibility index (Phi) is 5.12. The Labute approximate surface area is 196 Å². The lowest BCUT2D eigenvalue weighted by Crippen LogP contribution is -2.37. The summed E-state index contributed by atoms with van der Waals surface area (Å²) in [5.74, 6) is 1.33. The number of pyridine rings is 2. The number of aromatic nitrogens is 5. The van der Waals surface area contributed by atoms with E-state index in [4.69, 9.17) is 25.4 Å². The van der Waals surface area contributed by atoms with Crippen molar-refractivity contribution in [2.45, 2.75) is 0 Å². The number of imidazole rings is 1. The molecule has 0 aliphatic carbocycles. The minimum absolute atomic E-state index is 0.482. The maximum absolute atomic E-state index is 5.79. The number of nitrogens with zero attached hydrogens (tertiary/aromatic N) is 6. The van der Waals surface area contributed by atoms with Crippen LogP contribution in [0.3, 0.4) is 0 Å². The molecule has 0 unspecified atom stereocenters. The van der Waals surface area contributed by atoms with Gasteiger partial charge in [0.2, 0.25) is 0 Å². The van der Waals surface area contributed by atoms with Gasteiger partial charge in [-0.05, 0) is 36.4 Å². The molecule has 1 saturated heterocycles. The first-order valence-electron chi connectivity index (χ1n) is 11.2. The number of ether oxygens (including phenoxy) is 1. The molecule has 8 nitrogen and oxygen atoms in total. The zero-order valence-corrected chi connectivity index (χ0v) is 18.5. The largest absolute Gasteiger partial charge is 0.384 e. The van der Waals surface area contributed by atoms with Crippen molar-refractivity contribution in [1.82, 2.24) is 24.3 Å². The van der Waals surface area contributed by atoms with Crippen LogP contribution in [-0.4, -0.2) is 50.6 Å². The molecule has 2 N–H and O–H groups in total. The third kappa shape index (κ3) is 3.84. The number of para-hydroxylation sites is 1. The Balaban J connectivity index is 1.43. The maximum atomic E-state index is 5.79. The first-order valence-corrected chi connectivity index (χ1v) is 11.2. The minimum atomic E-state index is 0.482. The van der Waals surface area contributed by atoms with E-state index in [1.54, 1.807) is 12.3 Å². The highest BCUT2D eigenvalue weighted by atomic mass is 16.5. The summed E-state index contributed by atoms with van der Waals surface area (Å²) in [6.07, 6.45) is 9.61. The van der Waals surface area contributed by atoms with E-state index in [1.807, 2.05) is 54.9 Å². The fourth-order valence-electron chi connectivity index (χ4n) is 4.18. The number of nitrogen functional groups attached to an aromatic ring is 1. The molecule has 5 aromatic rings. The number of hydrogen-bond acceptors (Lipinski definition) is 7. The summed E-state index contributed by atoms with van der Waals surface area (Å²) in [6.45, 7) is 2.92. The van der Waals surface area contributed by atoms with Gasteiger partial charge in [0.15, 0.2) is 11.5 Å². The highest BCUT2D eigenvalue weighted by molar-refractivity contribution is 5.81. The Bertz CT molecular complexity index is 1500. The summed E-state index contributed by atoms with van der Waals surface area (Å²) < 4.78 is 7.59. The van der Waals surface area contributed by atoms with Gasteiger partial charge in [0, 0.05) is 36.4 Å². The second kappa shape index (κ2) is 8.57. The number of morpholine rings is 1. The van der Waals surface area contributed by atoms with Gasteiger partial charge in [0.05, 0.1) is 42.0 Å². The standard InChI is InChI=1S/C26H23N7O/c27-24-10-6-19(15-28-24)23-16-29-25(32-11-13-34-14-12-32)26-31-21(17-33(23)26)9-8-20-7-5-18-3-1-2-4-22(18)30-20/h1-10,15-17H,11-14H2,(H2,27,28). The quantitative estimate of drug-likeness (QED) is 0.444. The van der Waals surface area contributed by atoms with Crippen LogP contribution in [0.15, 0.2) is 67.1 Å². The van der Waals surface area contributed by atoms with Gasteiger partial charge in [-0.3, -0.25) is 4.40 Å². The fourth-order valence-corrected chi connectivity index (χ4v) is 4.18. The number of fused-ring (bicyclic) bond motifs is 2. The summed E-state index contributed by atoms with van der Waals surface area (Å²) >= 11 is 0. The number of benzene rings is 1. The van der Waals surface area contributed by atoms with Crippen LogP contribution in [0.1, 0.15) is 11.4 Å². The number of rotatable bonds is 4. The lowest BCUT2D eigenvalue weighted by molar-refractivity contribution is 0.122. The van der Waals surface area contributed by atoms with Crippen molar-refractivity contribution in [3.05, 3.63) is 78.5 Å². The molecule has 34 heavy (non-hydrogen) atoms. The zero-order chi connectivity index (χ0) is 22.9. The third-order valence-corrected chi connectivity index (χ3v) is 5.93. The first kappa shape index (κ1) is 20.3. The van der Waals surface area contributed by atoms with E-state index >= 15 is 0 Å². The third-order valence-electron chi connectivity index (χ3n) is 5.93. The lowest BCUT2D eigenvalue weighted by atomic mass is 10.2. The first-order chi connectivity index (χ1) is 16.7. The summed E-state index contributed by atoms with van der Waals surface area (Å²) in [4.78, 5) is 20.9. The van der Waals surface area contributed by atoms with E-state index in [-0.39, 0.29) is 0 Å². The lowest BCUT2D eigenvalue weighted by Gasteiger charge is -2.28. The van der Waals surface area contributed by atoms with E-state index in [0.29, 0.717) is 19.0 Å². The Hall–Kier alpha value is -4.30. The molecule has 168 valence electrons. The van der Waals surface area contributed by atoms with Crippen molar-refractivity contribution in [3.8, 4) is 11.3 Å². The van der Waals surface area contributed by atoms with Gasteiger partial charge in [0.1, 0.15) is 5.82 Å². The fraction of sp³-hybridized carbons (Fsp3) is 0.154. The number of anilines is 2. The Morgan fingerprint density at radius 3 is 2.56 bits per heavy atom. The summed E-state index contributed by atoms with van der Waals surface area (Å²) in [6, 6.07) is 15.9. The Morgan fingerprint density at radius 2 is 1.71 bits per heavy atom. The maximum Gasteiger partial charge on any atom is 0.181 e. The topological polar surface area (TPSA) is 94.5 Å². The molecule has 4 aromatic heterocycles. The second-order valence-corrected chi connectivity index (χ2v) is 8.16. The normalized spacial score (nSPS) is 14.4. The van der Waals surface area contributed by atoms with Crippen molar-refractivity contribution < 1.29 is 4.74 Å². The predicted octanol–water partition coefficient (Wildman–Crippen LogP) is 3.93. The van der Waals surface area contributed by atoms with Gasteiger partial charge in [-0.2, -0.15) is 0 Å². The SMILES string of the molecule is Nc1ccc(-c2cnc(N3CCOCC3)c3nc(C=Cc4ccc5ccccc5n4)cn23)cn1. The van der Waals surface area contributed by atoms with Gasteiger partial charge in [-0.1, -0.05) is 24.3 Å².